The molecule has 122 valence electrons. The first-order valence-electron chi connectivity index (χ1n) is 7.43. The SMILES string of the molecule is CC(O)CC(CNC(=O)c1cc(Cl)ccc1F)c1ccccc1. The number of nitrogens with one attached hydrogen (secondary N) is 1. The molecule has 1 amide bonds. The van der Waals surface area contributed by atoms with Gasteiger partial charge >= 0.3 is 0 Å². The normalized spacial score (nSPS) is 13.4. The van der Waals surface area contributed by atoms with Crippen LogP contribution < -0.4 is 5.32 Å². The molecule has 3 nitrogen and oxygen atoms in total. The molecule has 0 heterocycles. The number of hydrogen-bond acceptors (Lipinski definition) is 2. The van der Waals surface area contributed by atoms with Gasteiger partial charge in [0.2, 0.25) is 0 Å². The minimum absolute atomic E-state index is 0.0533. The van der Waals surface area contributed by atoms with E-state index in [4.69, 9.17) is 11.6 Å². The third-order valence-corrected chi connectivity index (χ3v) is 3.81. The van der Waals surface area contributed by atoms with Crippen molar-refractivity contribution in [2.75, 3.05) is 6.54 Å². The van der Waals surface area contributed by atoms with Gasteiger partial charge in [0, 0.05) is 17.5 Å². The summed E-state index contributed by atoms with van der Waals surface area (Å²) < 4.78 is 13.7. The zero-order chi connectivity index (χ0) is 16.8. The van der Waals surface area contributed by atoms with E-state index in [-0.39, 0.29) is 11.5 Å². The highest BCUT2D eigenvalue weighted by Gasteiger charge is 2.17. The highest BCUT2D eigenvalue weighted by molar-refractivity contribution is 6.31. The minimum atomic E-state index is -0.612. The van der Waals surface area contributed by atoms with Crippen LogP contribution in [0.1, 0.15) is 35.2 Å². The Morgan fingerprint density at radius 1 is 1.26 bits per heavy atom. The first-order valence-corrected chi connectivity index (χ1v) is 7.81. The van der Waals surface area contributed by atoms with Gasteiger partial charge in [0.25, 0.3) is 5.91 Å². The van der Waals surface area contributed by atoms with Crippen molar-refractivity contribution in [3.05, 3.63) is 70.5 Å². The molecule has 2 N–H and O–H groups in total. The van der Waals surface area contributed by atoms with Gasteiger partial charge < -0.3 is 10.4 Å². The summed E-state index contributed by atoms with van der Waals surface area (Å²) >= 11 is 5.81. The number of hydrogen-bond donors (Lipinski definition) is 2. The number of aliphatic hydroxyl groups is 1. The average Bonchev–Trinajstić information content (AvgIpc) is 2.54. The molecular formula is C18H19ClFNO2. The van der Waals surface area contributed by atoms with Gasteiger partial charge in [-0.25, -0.2) is 4.39 Å². The van der Waals surface area contributed by atoms with Crippen molar-refractivity contribution in [2.45, 2.75) is 25.4 Å². The van der Waals surface area contributed by atoms with Gasteiger partial charge in [-0.3, -0.25) is 4.79 Å². The fourth-order valence-corrected chi connectivity index (χ4v) is 2.63. The molecule has 0 aliphatic heterocycles. The maximum Gasteiger partial charge on any atom is 0.254 e. The fraction of sp³-hybridized carbons (Fsp3) is 0.278. The second kappa shape index (κ2) is 8.09. The second-order valence-electron chi connectivity index (χ2n) is 5.53. The van der Waals surface area contributed by atoms with Gasteiger partial charge in [-0.15, -0.1) is 0 Å². The Balaban J connectivity index is 2.09. The van der Waals surface area contributed by atoms with Crippen molar-refractivity contribution in [3.63, 3.8) is 0 Å². The van der Waals surface area contributed by atoms with Crippen LogP contribution in [0.4, 0.5) is 4.39 Å². The van der Waals surface area contributed by atoms with Gasteiger partial charge in [-0.2, -0.15) is 0 Å². The summed E-state index contributed by atoms with van der Waals surface area (Å²) in [6.45, 7) is 2.01. The molecule has 2 atom stereocenters. The molecule has 0 spiro atoms. The van der Waals surface area contributed by atoms with Crippen LogP contribution >= 0.6 is 11.6 Å². The Morgan fingerprint density at radius 2 is 1.96 bits per heavy atom. The summed E-state index contributed by atoms with van der Waals surface area (Å²) in [6.07, 6.45) is 0.00232. The second-order valence-corrected chi connectivity index (χ2v) is 5.96. The molecule has 2 unspecified atom stereocenters. The van der Waals surface area contributed by atoms with Crippen LogP contribution in [-0.4, -0.2) is 23.7 Å². The van der Waals surface area contributed by atoms with E-state index in [1.165, 1.54) is 18.2 Å². The summed E-state index contributed by atoms with van der Waals surface area (Å²) in [5, 5.41) is 12.7. The summed E-state index contributed by atoms with van der Waals surface area (Å²) in [5.74, 6) is -1.18. The Kier molecular flexibility index (Phi) is 6.13. The van der Waals surface area contributed by atoms with Crippen molar-refractivity contribution in [1.29, 1.82) is 0 Å². The number of rotatable bonds is 6. The summed E-state index contributed by atoms with van der Waals surface area (Å²) in [5.41, 5.74) is 0.932. The number of halogens is 2. The van der Waals surface area contributed by atoms with Crippen molar-refractivity contribution < 1.29 is 14.3 Å². The van der Waals surface area contributed by atoms with E-state index < -0.39 is 17.8 Å². The van der Waals surface area contributed by atoms with Gasteiger partial charge in [-0.05, 0) is 37.1 Å². The van der Waals surface area contributed by atoms with Crippen LogP contribution in [0.2, 0.25) is 5.02 Å². The van der Waals surface area contributed by atoms with Crippen molar-refractivity contribution in [3.8, 4) is 0 Å². The van der Waals surface area contributed by atoms with Gasteiger partial charge in [0.1, 0.15) is 5.82 Å². The van der Waals surface area contributed by atoms with Crippen molar-refractivity contribution in [2.24, 2.45) is 0 Å². The number of carbonyl (C=O) groups excluding carboxylic acids is 1. The molecule has 0 radical (unpaired) electrons. The fourth-order valence-electron chi connectivity index (χ4n) is 2.46. The van der Waals surface area contributed by atoms with Gasteiger partial charge in [-0.1, -0.05) is 41.9 Å². The number of carbonyl (C=O) groups is 1. The third-order valence-electron chi connectivity index (χ3n) is 3.58. The molecule has 2 aromatic carbocycles. The van der Waals surface area contributed by atoms with Crippen molar-refractivity contribution >= 4 is 17.5 Å². The lowest BCUT2D eigenvalue weighted by molar-refractivity contribution is 0.0941. The summed E-state index contributed by atoms with van der Waals surface area (Å²) in [7, 11) is 0. The van der Waals surface area contributed by atoms with Crippen LogP contribution in [0.15, 0.2) is 48.5 Å². The van der Waals surface area contributed by atoms with E-state index in [0.717, 1.165) is 5.56 Å². The maximum absolute atomic E-state index is 13.7. The van der Waals surface area contributed by atoms with E-state index >= 15 is 0 Å². The molecule has 0 aliphatic rings. The molecule has 2 aromatic rings. The predicted molar refractivity (Wildman–Crippen MR) is 89.2 cm³/mol. The number of amides is 1. The predicted octanol–water partition coefficient (Wildman–Crippen LogP) is 3.76. The number of benzene rings is 2. The molecule has 0 bridgehead atoms. The monoisotopic (exact) mass is 335 g/mol. The van der Waals surface area contributed by atoms with Crippen LogP contribution in [0, 0.1) is 5.82 Å². The minimum Gasteiger partial charge on any atom is -0.393 e. The standard InChI is InChI=1S/C18H19ClFNO2/c1-12(22)9-14(13-5-3-2-4-6-13)11-21-18(23)16-10-15(19)7-8-17(16)20/h2-8,10,12,14,22H,9,11H2,1H3,(H,21,23). The molecule has 0 aliphatic carbocycles. The van der Waals surface area contributed by atoms with E-state index in [1.807, 2.05) is 30.3 Å². The largest absolute Gasteiger partial charge is 0.393 e. The molecule has 0 saturated carbocycles. The first-order chi connectivity index (χ1) is 11.0. The van der Waals surface area contributed by atoms with Crippen LogP contribution in [0.3, 0.4) is 0 Å². The average molecular weight is 336 g/mol. The number of aliphatic hydroxyl groups excluding tert-OH is 1. The maximum atomic E-state index is 13.7. The highest BCUT2D eigenvalue weighted by Crippen LogP contribution is 2.21. The molecule has 0 saturated heterocycles. The molecule has 0 fully saturated rings. The van der Waals surface area contributed by atoms with E-state index in [0.29, 0.717) is 18.0 Å². The topological polar surface area (TPSA) is 49.3 Å². The zero-order valence-electron chi connectivity index (χ0n) is 12.8. The van der Waals surface area contributed by atoms with E-state index in [9.17, 15) is 14.3 Å². The lowest BCUT2D eigenvalue weighted by Crippen LogP contribution is -2.30. The third kappa shape index (κ3) is 5.05. The van der Waals surface area contributed by atoms with Gasteiger partial charge in [0.15, 0.2) is 0 Å². The van der Waals surface area contributed by atoms with Crippen LogP contribution in [0.5, 0.6) is 0 Å². The first kappa shape index (κ1) is 17.4. The lowest BCUT2D eigenvalue weighted by atomic mass is 9.93. The van der Waals surface area contributed by atoms with Gasteiger partial charge in [0.05, 0.1) is 11.7 Å². The van der Waals surface area contributed by atoms with E-state index in [2.05, 4.69) is 5.32 Å². The smallest absolute Gasteiger partial charge is 0.254 e. The summed E-state index contributed by atoms with van der Waals surface area (Å²) in [6, 6.07) is 13.5. The van der Waals surface area contributed by atoms with Crippen molar-refractivity contribution in [1.82, 2.24) is 5.32 Å². The highest BCUT2D eigenvalue weighted by atomic mass is 35.5. The zero-order valence-corrected chi connectivity index (χ0v) is 13.6. The molecule has 23 heavy (non-hydrogen) atoms. The Labute approximate surface area is 140 Å². The molecule has 0 aromatic heterocycles. The molecule has 5 heteroatoms. The Hall–Kier alpha value is -1.91. The quantitative estimate of drug-likeness (QED) is 0.844. The van der Waals surface area contributed by atoms with E-state index in [1.54, 1.807) is 6.92 Å². The summed E-state index contributed by atoms with van der Waals surface area (Å²) in [4.78, 5) is 12.2. The van der Waals surface area contributed by atoms with Crippen LogP contribution in [-0.2, 0) is 0 Å². The Bertz CT molecular complexity index is 661. The lowest BCUT2D eigenvalue weighted by Gasteiger charge is -2.19. The molecular weight excluding hydrogens is 317 g/mol. The molecule has 2 rings (SSSR count). The Morgan fingerprint density at radius 3 is 2.61 bits per heavy atom. The van der Waals surface area contributed by atoms with Crippen LogP contribution in [0.25, 0.3) is 0 Å².